The Morgan fingerprint density at radius 1 is 1.50 bits per heavy atom. The van der Waals surface area contributed by atoms with Crippen LogP contribution in [0, 0.1) is 0 Å². The second kappa shape index (κ2) is 9.18. The molecule has 0 bridgehead atoms. The molecule has 0 saturated heterocycles. The fraction of sp³-hybridized carbons (Fsp3) is 0.667. The van der Waals surface area contributed by atoms with Gasteiger partial charge in [0.05, 0.1) is 0 Å². The predicted molar refractivity (Wildman–Crippen MR) is 36.0 cm³/mol. The molecule has 0 aliphatic carbocycles. The molecule has 0 aliphatic heterocycles. The summed E-state index contributed by atoms with van der Waals surface area (Å²) in [6.07, 6.45) is -1.83. The van der Waals surface area contributed by atoms with Crippen LogP contribution in [0.25, 0.3) is 0 Å². The van der Waals surface area contributed by atoms with Gasteiger partial charge in [0.25, 0.3) is 0 Å². The monoisotopic (exact) mass is 208 g/mol. The molecule has 0 aromatic carbocycles. The summed E-state index contributed by atoms with van der Waals surface area (Å²) in [6, 6.07) is 0. The van der Waals surface area contributed by atoms with Crippen molar-refractivity contribution in [1.29, 1.82) is 0 Å². The van der Waals surface area contributed by atoms with E-state index >= 15 is 0 Å². The van der Waals surface area contributed by atoms with Crippen molar-refractivity contribution in [3.63, 3.8) is 0 Å². The Balaban J connectivity index is -0.000000142. The number of hydrogen-bond donors (Lipinski definition) is 3. The summed E-state index contributed by atoms with van der Waals surface area (Å²) in [6.45, 7) is 1.48. The molecule has 0 saturated carbocycles. The van der Waals surface area contributed by atoms with Gasteiger partial charge in [0.2, 0.25) is 0 Å². The first kappa shape index (κ1) is 18.0. The minimum Gasteiger partial charge on any atom is -0.828 e. The maximum Gasteiger partial charge on any atom is 2.00 e. The molecule has 0 unspecified atom stereocenters. The molecular weight excluding hydrogens is 200 g/mol. The number of carbonyl (C=O) groups is 1. The van der Waals surface area contributed by atoms with E-state index in [1.54, 1.807) is 0 Å². The van der Waals surface area contributed by atoms with Crippen LogP contribution in [0.2, 0.25) is 0 Å². The quantitative estimate of drug-likeness (QED) is 0.412. The van der Waals surface area contributed by atoms with Gasteiger partial charge in [0, 0.05) is 6.61 Å². The van der Waals surface area contributed by atoms with Crippen molar-refractivity contribution in [2.45, 2.75) is 6.92 Å². The predicted octanol–water partition coefficient (Wildman–Crippen LogP) is -2.99. The van der Waals surface area contributed by atoms with Crippen molar-refractivity contribution < 1.29 is 33.8 Å². The second-order valence-corrected chi connectivity index (χ2v) is 2.58. The number of hydrogen-bond acceptors (Lipinski definition) is 5. The van der Waals surface area contributed by atoms with Crippen molar-refractivity contribution in [2.75, 3.05) is 6.61 Å². The molecule has 0 aromatic rings. The molecule has 0 rings (SSSR count). The summed E-state index contributed by atoms with van der Waals surface area (Å²) < 4.78 is 3.81. The van der Waals surface area contributed by atoms with Gasteiger partial charge in [-0.25, -0.2) is 4.79 Å². The van der Waals surface area contributed by atoms with Crippen molar-refractivity contribution >= 4 is 38.3 Å². The summed E-state index contributed by atoms with van der Waals surface area (Å²) in [5.74, 6) is 0. The Morgan fingerprint density at radius 3 is 1.75 bits per heavy atom. The van der Waals surface area contributed by atoms with Crippen LogP contribution in [-0.4, -0.2) is 59.9 Å². The van der Waals surface area contributed by atoms with Crippen LogP contribution in [0.1, 0.15) is 6.92 Å². The third kappa shape index (κ3) is 49.8. The van der Waals surface area contributed by atoms with Crippen molar-refractivity contribution in [2.24, 2.45) is 0 Å². The topological polar surface area (TPSA) is 133 Å². The van der Waals surface area contributed by atoms with E-state index in [0.29, 0.717) is 0 Å². The van der Waals surface area contributed by atoms with Gasteiger partial charge in [0.1, 0.15) is 9.05 Å². The molecule has 0 aliphatic rings. The van der Waals surface area contributed by atoms with Crippen LogP contribution in [-0.2, 0) is 4.43 Å². The van der Waals surface area contributed by atoms with Crippen LogP contribution in [0.5, 0.6) is 0 Å². The van der Waals surface area contributed by atoms with E-state index in [2.05, 4.69) is 4.43 Å². The maximum atomic E-state index is 9.62. The van der Waals surface area contributed by atoms with Crippen molar-refractivity contribution in [3.05, 3.63) is 0 Å². The minimum atomic E-state index is -4.66. The molecule has 0 heterocycles. The smallest absolute Gasteiger partial charge is 0.828 e. The van der Waals surface area contributed by atoms with Gasteiger partial charge in [-0.2, -0.15) is 0 Å². The van der Waals surface area contributed by atoms with Crippen molar-refractivity contribution in [3.8, 4) is 0 Å². The molecule has 7 nitrogen and oxygen atoms in total. The first-order valence-corrected chi connectivity index (χ1v) is 4.16. The van der Waals surface area contributed by atoms with Gasteiger partial charge in [0.15, 0.2) is 0 Å². The largest absolute Gasteiger partial charge is 2.00 e. The van der Waals surface area contributed by atoms with E-state index in [9.17, 15) is 9.59 Å². The van der Waals surface area contributed by atoms with E-state index in [-0.39, 0.29) is 29.7 Å². The van der Waals surface area contributed by atoms with Gasteiger partial charge in [-0.3, -0.25) is 0 Å². The average molecular weight is 208 g/mol. The zero-order chi connectivity index (χ0) is 9.49. The van der Waals surface area contributed by atoms with Crippen LogP contribution >= 0.6 is 0 Å². The first-order valence-electron chi connectivity index (χ1n) is 2.48. The van der Waals surface area contributed by atoms with Gasteiger partial charge in [-0.1, -0.05) is 0 Å². The Morgan fingerprint density at radius 2 is 1.75 bits per heavy atom. The third-order valence-corrected chi connectivity index (χ3v) is 0.980. The molecule has 3 N–H and O–H groups in total. The molecule has 0 aromatic heterocycles. The van der Waals surface area contributed by atoms with E-state index in [4.69, 9.17) is 19.8 Å². The third-order valence-electron chi connectivity index (χ3n) is 0.327. The van der Waals surface area contributed by atoms with Crippen LogP contribution in [0.15, 0.2) is 0 Å². The molecule has 0 fully saturated rings. The summed E-state index contributed by atoms with van der Waals surface area (Å²) in [4.78, 5) is 35.6. The Bertz CT molecular complexity index is 108. The van der Waals surface area contributed by atoms with E-state index in [1.807, 2.05) is 0 Å². The molecule has 0 atom stereocenters. The van der Waals surface area contributed by atoms with Gasteiger partial charge in [-0.15, -0.1) is 0 Å². The van der Waals surface area contributed by atoms with E-state index < -0.39 is 15.2 Å². The normalized spacial score (nSPS) is 9.00. The summed E-state index contributed by atoms with van der Waals surface area (Å²) >= 11 is 0. The Kier molecular flexibility index (Phi) is 13.8. The van der Waals surface area contributed by atoms with E-state index in [1.165, 1.54) is 6.92 Å². The first-order chi connectivity index (χ1) is 4.79. The molecule has 0 spiro atoms. The number of carboxylic acid groups (broad SMARTS) is 2. The zero-order valence-corrected chi connectivity index (χ0v) is 8.80. The van der Waals surface area contributed by atoms with Crippen LogP contribution in [0.4, 0.5) is 4.79 Å². The molecular formula is C3H8MgO7Si. The molecule has 0 amide bonds. The second-order valence-electron chi connectivity index (χ2n) is 1.24. The van der Waals surface area contributed by atoms with Crippen molar-refractivity contribution in [1.82, 2.24) is 0 Å². The minimum absolute atomic E-state index is 0. The molecule has 68 valence electrons. The zero-order valence-electron chi connectivity index (χ0n) is 6.39. The van der Waals surface area contributed by atoms with Crippen LogP contribution < -0.4 is 9.59 Å². The fourth-order valence-electron chi connectivity index (χ4n) is 0.182. The summed E-state index contributed by atoms with van der Waals surface area (Å²) in [7, 11) is -4.66. The average Bonchev–Trinajstić information content (AvgIpc) is 1.58. The Hall–Kier alpha value is 0.0931. The van der Waals surface area contributed by atoms with Gasteiger partial charge < -0.3 is 29.0 Å². The summed E-state index contributed by atoms with van der Waals surface area (Å²) in [5.41, 5.74) is 0. The molecule has 12 heavy (non-hydrogen) atoms. The standard InChI is InChI=1S/C2H6O4Si.CH2O3.Mg/c1-2-6-7(3,4)5;2-1(3)4;/h3H,2H2,1H3;(H2,2,3,4);/q-2;;+2. The van der Waals surface area contributed by atoms with Crippen LogP contribution in [0.3, 0.4) is 0 Å². The van der Waals surface area contributed by atoms with Gasteiger partial charge in [-0.05, 0) is 6.92 Å². The van der Waals surface area contributed by atoms with Gasteiger partial charge >= 0.3 is 29.2 Å². The SMILES string of the molecule is CCO[Si]([O-])([O-])O.O=C(O)O.[Mg+2]. The summed E-state index contributed by atoms with van der Waals surface area (Å²) in [5, 5.41) is 13.9. The Labute approximate surface area is 85.9 Å². The molecule has 0 radical (unpaired) electrons. The van der Waals surface area contributed by atoms with E-state index in [0.717, 1.165) is 0 Å². The molecule has 9 heteroatoms. The maximum absolute atomic E-state index is 9.62. The number of rotatable bonds is 2. The fourth-order valence-corrected chi connectivity index (χ4v) is 0.547.